The molecule has 2 aromatic rings. The zero-order valence-corrected chi connectivity index (χ0v) is 11.0. The van der Waals surface area contributed by atoms with Crippen LogP contribution in [0.4, 0.5) is 4.39 Å². The first-order valence-electron chi connectivity index (χ1n) is 5.70. The number of nitriles is 1. The highest BCUT2D eigenvalue weighted by Gasteiger charge is 2.12. The Morgan fingerprint density at radius 3 is 2.89 bits per heavy atom. The van der Waals surface area contributed by atoms with Crippen molar-refractivity contribution in [1.29, 1.82) is 5.26 Å². The summed E-state index contributed by atoms with van der Waals surface area (Å²) in [7, 11) is 0. The first-order valence-corrected chi connectivity index (χ1v) is 6.07. The number of nitrogens with zero attached hydrogens (tertiary/aromatic N) is 3. The number of aromatic nitrogens is 2. The Labute approximate surface area is 115 Å². The molecular weight excluding hydrogens is 267 g/mol. The van der Waals surface area contributed by atoms with Crippen LogP contribution in [0.5, 0.6) is 0 Å². The number of halogens is 2. The molecule has 0 aliphatic carbocycles. The van der Waals surface area contributed by atoms with Crippen molar-refractivity contribution < 1.29 is 4.39 Å². The second-order valence-electron chi connectivity index (χ2n) is 4.33. The van der Waals surface area contributed by atoms with Crippen molar-refractivity contribution in [2.24, 2.45) is 5.73 Å². The third kappa shape index (κ3) is 2.92. The van der Waals surface area contributed by atoms with Crippen LogP contribution < -0.4 is 5.73 Å². The van der Waals surface area contributed by atoms with Crippen LogP contribution in [0.3, 0.4) is 0 Å². The molecule has 4 nitrogen and oxygen atoms in total. The van der Waals surface area contributed by atoms with Crippen molar-refractivity contribution in [3.63, 3.8) is 0 Å². The molecule has 0 spiro atoms. The molecule has 0 aliphatic heterocycles. The van der Waals surface area contributed by atoms with Crippen molar-refractivity contribution >= 4 is 11.6 Å². The standard InChI is InChI=1S/C13H12ClFN4/c1-8(17)7-19-3-2-13(18-19)9-4-11(14)10(6-16)12(15)5-9/h2-5,8H,7,17H2,1H3. The number of hydrogen-bond donors (Lipinski definition) is 1. The van der Waals surface area contributed by atoms with Crippen LogP contribution in [0, 0.1) is 17.1 Å². The van der Waals surface area contributed by atoms with Crippen molar-refractivity contribution in [1.82, 2.24) is 9.78 Å². The van der Waals surface area contributed by atoms with Crippen molar-refractivity contribution in [3.8, 4) is 17.3 Å². The zero-order chi connectivity index (χ0) is 14.0. The summed E-state index contributed by atoms with van der Waals surface area (Å²) in [6, 6.07) is 6.24. The Kier molecular flexibility index (Phi) is 3.84. The van der Waals surface area contributed by atoms with Gasteiger partial charge in [0.25, 0.3) is 0 Å². The summed E-state index contributed by atoms with van der Waals surface area (Å²) in [4.78, 5) is 0. The molecule has 0 fully saturated rings. The molecule has 1 atom stereocenters. The van der Waals surface area contributed by atoms with Gasteiger partial charge in [0, 0.05) is 17.8 Å². The normalized spacial score (nSPS) is 12.2. The van der Waals surface area contributed by atoms with Gasteiger partial charge in [-0.1, -0.05) is 11.6 Å². The molecule has 2 rings (SSSR count). The van der Waals surface area contributed by atoms with Crippen molar-refractivity contribution in [2.45, 2.75) is 19.5 Å². The Bertz CT molecular complexity index is 619. The highest BCUT2D eigenvalue weighted by Crippen LogP contribution is 2.26. The molecule has 19 heavy (non-hydrogen) atoms. The minimum atomic E-state index is -0.647. The maximum Gasteiger partial charge on any atom is 0.143 e. The quantitative estimate of drug-likeness (QED) is 0.938. The molecular formula is C13H12ClFN4. The lowest BCUT2D eigenvalue weighted by atomic mass is 10.1. The fourth-order valence-corrected chi connectivity index (χ4v) is 1.99. The zero-order valence-electron chi connectivity index (χ0n) is 10.3. The van der Waals surface area contributed by atoms with Gasteiger partial charge in [-0.15, -0.1) is 0 Å². The second kappa shape index (κ2) is 5.39. The van der Waals surface area contributed by atoms with Crippen LogP contribution in [-0.4, -0.2) is 15.8 Å². The Morgan fingerprint density at radius 1 is 1.58 bits per heavy atom. The van der Waals surface area contributed by atoms with Crippen LogP contribution in [0.1, 0.15) is 12.5 Å². The Balaban J connectivity index is 2.37. The van der Waals surface area contributed by atoms with E-state index in [9.17, 15) is 4.39 Å². The highest BCUT2D eigenvalue weighted by molar-refractivity contribution is 6.32. The molecule has 1 heterocycles. The van der Waals surface area contributed by atoms with Crippen LogP contribution in [0.2, 0.25) is 5.02 Å². The minimum Gasteiger partial charge on any atom is -0.326 e. The third-order valence-corrected chi connectivity index (χ3v) is 2.86. The molecule has 0 amide bonds. The molecule has 0 saturated heterocycles. The summed E-state index contributed by atoms with van der Waals surface area (Å²) >= 11 is 5.86. The van der Waals surface area contributed by atoms with Gasteiger partial charge in [-0.3, -0.25) is 4.68 Å². The lowest BCUT2D eigenvalue weighted by Gasteiger charge is -2.05. The molecule has 1 aromatic heterocycles. The average Bonchev–Trinajstić information content (AvgIpc) is 2.76. The fourth-order valence-electron chi connectivity index (χ4n) is 1.74. The first kappa shape index (κ1) is 13.5. The lowest BCUT2D eigenvalue weighted by Crippen LogP contribution is -2.22. The molecule has 0 radical (unpaired) electrons. The summed E-state index contributed by atoms with van der Waals surface area (Å²) in [5.74, 6) is -0.647. The predicted molar refractivity (Wildman–Crippen MR) is 71.0 cm³/mol. The van der Waals surface area contributed by atoms with Crippen molar-refractivity contribution in [3.05, 3.63) is 40.8 Å². The largest absolute Gasteiger partial charge is 0.326 e. The molecule has 1 unspecified atom stereocenters. The fraction of sp³-hybridized carbons (Fsp3) is 0.231. The molecule has 98 valence electrons. The summed E-state index contributed by atoms with van der Waals surface area (Å²) in [6.07, 6.45) is 1.77. The number of nitrogens with two attached hydrogens (primary N) is 1. The molecule has 1 aromatic carbocycles. The SMILES string of the molecule is CC(N)Cn1ccc(-c2cc(F)c(C#N)c(Cl)c2)n1. The highest BCUT2D eigenvalue weighted by atomic mass is 35.5. The Hall–Kier alpha value is -1.90. The van der Waals surface area contributed by atoms with Gasteiger partial charge in [-0.2, -0.15) is 10.4 Å². The molecule has 0 aliphatic rings. The lowest BCUT2D eigenvalue weighted by molar-refractivity contribution is 0.540. The molecule has 2 N–H and O–H groups in total. The van der Waals surface area contributed by atoms with Crippen molar-refractivity contribution in [2.75, 3.05) is 0 Å². The number of benzene rings is 1. The number of hydrogen-bond acceptors (Lipinski definition) is 3. The van der Waals surface area contributed by atoms with Gasteiger partial charge in [-0.05, 0) is 25.1 Å². The van der Waals surface area contributed by atoms with Gasteiger partial charge in [0.2, 0.25) is 0 Å². The van der Waals surface area contributed by atoms with E-state index in [0.29, 0.717) is 17.8 Å². The van der Waals surface area contributed by atoms with Gasteiger partial charge >= 0.3 is 0 Å². The van der Waals surface area contributed by atoms with Gasteiger partial charge in [0.15, 0.2) is 0 Å². The maximum atomic E-state index is 13.7. The van der Waals surface area contributed by atoms with E-state index in [0.717, 1.165) is 0 Å². The van der Waals surface area contributed by atoms with Crippen LogP contribution in [0.25, 0.3) is 11.3 Å². The van der Waals surface area contributed by atoms with Gasteiger partial charge in [-0.25, -0.2) is 4.39 Å². The monoisotopic (exact) mass is 278 g/mol. The average molecular weight is 279 g/mol. The van der Waals surface area contributed by atoms with E-state index in [1.807, 2.05) is 6.92 Å². The van der Waals surface area contributed by atoms with Gasteiger partial charge in [0.1, 0.15) is 17.4 Å². The van der Waals surface area contributed by atoms with E-state index in [1.165, 1.54) is 12.1 Å². The smallest absolute Gasteiger partial charge is 0.143 e. The summed E-state index contributed by atoms with van der Waals surface area (Å²) in [6.45, 7) is 2.45. The van der Waals surface area contributed by atoms with Gasteiger partial charge < -0.3 is 5.73 Å². The molecule has 6 heteroatoms. The first-order chi connectivity index (χ1) is 9.01. The van der Waals surface area contributed by atoms with Gasteiger partial charge in [0.05, 0.1) is 17.3 Å². The van der Waals surface area contributed by atoms with E-state index in [1.54, 1.807) is 23.0 Å². The van der Waals surface area contributed by atoms with Crippen LogP contribution >= 0.6 is 11.6 Å². The third-order valence-electron chi connectivity index (χ3n) is 2.57. The second-order valence-corrected chi connectivity index (χ2v) is 4.73. The minimum absolute atomic E-state index is 0.0194. The summed E-state index contributed by atoms with van der Waals surface area (Å²) in [5, 5.41) is 13.1. The maximum absolute atomic E-state index is 13.7. The van der Waals surface area contributed by atoms with Crippen LogP contribution in [-0.2, 0) is 6.54 Å². The summed E-state index contributed by atoms with van der Waals surface area (Å²) in [5.41, 5.74) is 6.65. The van der Waals surface area contributed by atoms with E-state index in [4.69, 9.17) is 22.6 Å². The van der Waals surface area contributed by atoms with E-state index >= 15 is 0 Å². The molecule has 0 saturated carbocycles. The topological polar surface area (TPSA) is 67.6 Å². The van der Waals surface area contributed by atoms with E-state index in [-0.39, 0.29) is 16.6 Å². The molecule has 0 bridgehead atoms. The van der Waals surface area contributed by atoms with Crippen LogP contribution in [0.15, 0.2) is 24.4 Å². The predicted octanol–water partition coefficient (Wildman–Crippen LogP) is 2.56. The number of rotatable bonds is 3. The van der Waals surface area contributed by atoms with E-state index in [2.05, 4.69) is 5.10 Å². The van der Waals surface area contributed by atoms with E-state index < -0.39 is 5.82 Å². The Morgan fingerprint density at radius 2 is 2.32 bits per heavy atom. The summed E-state index contributed by atoms with van der Waals surface area (Å²) < 4.78 is 15.3.